The first kappa shape index (κ1) is 17.6. The molecule has 0 fully saturated rings. The highest BCUT2D eigenvalue weighted by atomic mass is 35.5. The van der Waals surface area contributed by atoms with Gasteiger partial charge in [0.2, 0.25) is 5.91 Å². The Kier molecular flexibility index (Phi) is 6.78. The smallest absolute Gasteiger partial charge is 0.225 e. The molecule has 0 saturated heterocycles. The van der Waals surface area contributed by atoms with Crippen LogP contribution >= 0.6 is 0 Å². The van der Waals surface area contributed by atoms with E-state index in [-0.39, 0.29) is 18.3 Å². The van der Waals surface area contributed by atoms with E-state index in [0.717, 1.165) is 30.0 Å². The predicted molar refractivity (Wildman–Crippen MR) is 78.6 cm³/mol. The monoisotopic (exact) mass is 313 g/mol. The zero-order valence-corrected chi connectivity index (χ0v) is 13.5. The molecule has 118 valence electrons. The van der Waals surface area contributed by atoms with Crippen molar-refractivity contribution in [2.75, 3.05) is 39.2 Å². The summed E-state index contributed by atoms with van der Waals surface area (Å²) >= 11 is 0. The van der Waals surface area contributed by atoms with E-state index in [2.05, 4.69) is 12.2 Å². The highest BCUT2D eigenvalue weighted by Gasteiger charge is 2.16. The Morgan fingerprint density at radius 3 is 2.43 bits per heavy atom. The van der Waals surface area contributed by atoms with Gasteiger partial charge in [0.1, 0.15) is 13.2 Å². The Morgan fingerprint density at radius 1 is 1.24 bits per heavy atom. The Balaban J connectivity index is 0.00000220. The van der Waals surface area contributed by atoms with E-state index >= 15 is 0 Å². The molecule has 0 aliphatic carbocycles. The van der Waals surface area contributed by atoms with Crippen molar-refractivity contribution >= 4 is 11.6 Å². The van der Waals surface area contributed by atoms with Gasteiger partial charge in [-0.25, -0.2) is 0 Å². The van der Waals surface area contributed by atoms with Crippen molar-refractivity contribution in [3.63, 3.8) is 0 Å². The van der Waals surface area contributed by atoms with Crippen molar-refractivity contribution in [2.45, 2.75) is 19.8 Å². The van der Waals surface area contributed by atoms with E-state index in [0.29, 0.717) is 25.4 Å². The maximum atomic E-state index is 11.9. The van der Waals surface area contributed by atoms with Gasteiger partial charge >= 0.3 is 0 Å². The first-order valence-electron chi connectivity index (χ1n) is 6.97. The van der Waals surface area contributed by atoms with Crippen LogP contribution in [0.25, 0.3) is 0 Å². The Bertz CT molecular complexity index is 492. The minimum atomic E-state index is 0. The van der Waals surface area contributed by atoms with Crippen LogP contribution in [-0.4, -0.2) is 44.7 Å². The molecule has 0 atom stereocenters. The van der Waals surface area contributed by atoms with Gasteiger partial charge in [0.15, 0.2) is 11.5 Å². The molecular formula is C15H22ClN2O3-. The number of rotatable bonds is 5. The molecule has 1 aromatic carbocycles. The number of halogens is 1. The van der Waals surface area contributed by atoms with Crippen molar-refractivity contribution in [1.82, 2.24) is 4.90 Å². The summed E-state index contributed by atoms with van der Waals surface area (Å²) in [5.41, 5.74) is 1.88. The molecule has 0 bridgehead atoms. The highest BCUT2D eigenvalue weighted by Crippen LogP contribution is 2.35. The van der Waals surface area contributed by atoms with Crippen LogP contribution in [-0.2, 0) is 11.2 Å². The number of amides is 1. The molecular weight excluding hydrogens is 292 g/mol. The standard InChI is InChI=1S/C15H22N2O3.ClH/c1-4-11-9-13-14(20-8-7-19-13)10-12(11)16-15(18)5-6-17(2)3;/h9-10H,4-8H2,1-3H3,(H,16,18);1H/p-1. The van der Waals surface area contributed by atoms with Crippen molar-refractivity contribution in [1.29, 1.82) is 0 Å². The second-order valence-corrected chi connectivity index (χ2v) is 5.11. The molecule has 6 heteroatoms. The molecule has 1 aromatic rings. The minimum absolute atomic E-state index is 0. The van der Waals surface area contributed by atoms with Crippen LogP contribution in [0, 0.1) is 0 Å². The lowest BCUT2D eigenvalue weighted by molar-refractivity contribution is -0.116. The van der Waals surface area contributed by atoms with E-state index in [1.807, 2.05) is 31.1 Å². The fraction of sp³-hybridized carbons (Fsp3) is 0.533. The van der Waals surface area contributed by atoms with Crippen LogP contribution in [0.2, 0.25) is 0 Å². The quantitative estimate of drug-likeness (QED) is 0.751. The first-order valence-corrected chi connectivity index (χ1v) is 6.97. The first-order chi connectivity index (χ1) is 9.60. The van der Waals surface area contributed by atoms with Gasteiger partial charge in [-0.3, -0.25) is 4.79 Å². The average molecular weight is 314 g/mol. The molecule has 1 aliphatic rings. The van der Waals surface area contributed by atoms with E-state index < -0.39 is 0 Å². The Hall–Kier alpha value is -1.46. The van der Waals surface area contributed by atoms with Crippen molar-refractivity contribution < 1.29 is 26.7 Å². The summed E-state index contributed by atoms with van der Waals surface area (Å²) in [6.45, 7) is 3.91. The van der Waals surface area contributed by atoms with Crippen LogP contribution in [0.3, 0.4) is 0 Å². The molecule has 0 aromatic heterocycles. The summed E-state index contributed by atoms with van der Waals surface area (Å²) in [5, 5.41) is 2.97. The number of carbonyl (C=O) groups excluding carboxylic acids is 1. The number of ether oxygens (including phenoxy) is 2. The summed E-state index contributed by atoms with van der Waals surface area (Å²) in [6, 6.07) is 3.82. The molecule has 5 nitrogen and oxygen atoms in total. The molecule has 21 heavy (non-hydrogen) atoms. The zero-order valence-electron chi connectivity index (χ0n) is 12.7. The van der Waals surface area contributed by atoms with Gasteiger partial charge in [-0.2, -0.15) is 0 Å². The largest absolute Gasteiger partial charge is 1.00 e. The SMILES string of the molecule is CCc1cc2c(cc1NC(=O)CCN(C)C)OCCO2.[Cl-]. The lowest BCUT2D eigenvalue weighted by Crippen LogP contribution is -3.00. The number of hydrogen-bond donors (Lipinski definition) is 1. The third kappa shape index (κ3) is 4.79. The Morgan fingerprint density at radius 2 is 1.86 bits per heavy atom. The van der Waals surface area contributed by atoms with E-state index in [1.165, 1.54) is 0 Å². The molecule has 1 aliphatic heterocycles. The third-order valence-corrected chi connectivity index (χ3v) is 3.21. The van der Waals surface area contributed by atoms with Crippen molar-refractivity contribution in [2.24, 2.45) is 0 Å². The number of benzene rings is 1. The van der Waals surface area contributed by atoms with Gasteiger partial charge in [-0.1, -0.05) is 6.92 Å². The lowest BCUT2D eigenvalue weighted by atomic mass is 10.1. The van der Waals surface area contributed by atoms with Gasteiger partial charge < -0.3 is 32.1 Å². The van der Waals surface area contributed by atoms with E-state index in [1.54, 1.807) is 0 Å². The van der Waals surface area contributed by atoms with Crippen LogP contribution in [0.4, 0.5) is 5.69 Å². The number of carbonyl (C=O) groups is 1. The average Bonchev–Trinajstić information content (AvgIpc) is 2.44. The fourth-order valence-electron chi connectivity index (χ4n) is 2.08. The number of aryl methyl sites for hydroxylation is 1. The van der Waals surface area contributed by atoms with Gasteiger partial charge in [0.25, 0.3) is 0 Å². The van der Waals surface area contributed by atoms with Crippen molar-refractivity contribution in [3.8, 4) is 11.5 Å². The maximum Gasteiger partial charge on any atom is 0.225 e. The molecule has 1 amide bonds. The van der Waals surface area contributed by atoms with Gasteiger partial charge in [0, 0.05) is 24.7 Å². The highest BCUT2D eigenvalue weighted by molar-refractivity contribution is 5.92. The molecule has 0 unspecified atom stereocenters. The molecule has 0 saturated carbocycles. The topological polar surface area (TPSA) is 50.8 Å². The van der Waals surface area contributed by atoms with Crippen LogP contribution in [0.15, 0.2) is 12.1 Å². The lowest BCUT2D eigenvalue weighted by Gasteiger charge is -2.21. The number of fused-ring (bicyclic) bond motifs is 1. The minimum Gasteiger partial charge on any atom is -1.00 e. The zero-order chi connectivity index (χ0) is 14.5. The fourth-order valence-corrected chi connectivity index (χ4v) is 2.08. The molecule has 1 heterocycles. The van der Waals surface area contributed by atoms with Gasteiger partial charge in [-0.15, -0.1) is 0 Å². The Labute approximate surface area is 132 Å². The van der Waals surface area contributed by atoms with E-state index in [4.69, 9.17) is 9.47 Å². The summed E-state index contributed by atoms with van der Waals surface area (Å²) in [7, 11) is 3.91. The summed E-state index contributed by atoms with van der Waals surface area (Å²) in [6.07, 6.45) is 1.31. The predicted octanol–water partition coefficient (Wildman–Crippen LogP) is -1.09. The van der Waals surface area contributed by atoms with Crippen molar-refractivity contribution in [3.05, 3.63) is 17.7 Å². The molecule has 0 radical (unpaired) electrons. The van der Waals surface area contributed by atoms with Crippen LogP contribution < -0.4 is 27.2 Å². The van der Waals surface area contributed by atoms with Crippen LogP contribution in [0.5, 0.6) is 11.5 Å². The normalized spacial score (nSPS) is 12.8. The summed E-state index contributed by atoms with van der Waals surface area (Å²) in [4.78, 5) is 13.9. The van der Waals surface area contributed by atoms with Gasteiger partial charge in [-0.05, 0) is 32.1 Å². The second-order valence-electron chi connectivity index (χ2n) is 5.11. The number of hydrogen-bond acceptors (Lipinski definition) is 4. The summed E-state index contributed by atoms with van der Waals surface area (Å²) < 4.78 is 11.1. The number of nitrogens with zero attached hydrogens (tertiary/aromatic N) is 1. The number of nitrogens with one attached hydrogen (secondary N) is 1. The number of anilines is 1. The third-order valence-electron chi connectivity index (χ3n) is 3.21. The molecule has 1 N–H and O–H groups in total. The molecule has 0 spiro atoms. The maximum absolute atomic E-state index is 11.9. The second kappa shape index (κ2) is 8.10. The van der Waals surface area contributed by atoms with Crippen LogP contribution in [0.1, 0.15) is 18.9 Å². The van der Waals surface area contributed by atoms with Gasteiger partial charge in [0.05, 0.1) is 0 Å². The van der Waals surface area contributed by atoms with E-state index in [9.17, 15) is 4.79 Å². The molecule has 2 rings (SSSR count). The summed E-state index contributed by atoms with van der Waals surface area (Å²) in [5.74, 6) is 1.49.